The molecule has 0 aliphatic heterocycles. The van der Waals surface area contributed by atoms with Crippen molar-refractivity contribution in [3.8, 4) is 11.5 Å². The Morgan fingerprint density at radius 3 is 2.55 bits per heavy atom. The van der Waals surface area contributed by atoms with Crippen molar-refractivity contribution in [1.29, 1.82) is 0 Å². The van der Waals surface area contributed by atoms with Gasteiger partial charge in [0.1, 0.15) is 11.5 Å². The first-order chi connectivity index (χ1) is 9.60. The van der Waals surface area contributed by atoms with Crippen LogP contribution >= 0.6 is 0 Å². The van der Waals surface area contributed by atoms with Crippen LogP contribution in [0, 0.1) is 5.41 Å². The van der Waals surface area contributed by atoms with Gasteiger partial charge in [-0.25, -0.2) is 0 Å². The second-order valence-corrected chi connectivity index (χ2v) is 5.87. The van der Waals surface area contributed by atoms with E-state index < -0.39 is 0 Å². The largest absolute Gasteiger partial charge is 0.497 e. The van der Waals surface area contributed by atoms with Gasteiger partial charge in [-0.05, 0) is 42.3 Å². The van der Waals surface area contributed by atoms with E-state index >= 15 is 0 Å². The lowest BCUT2D eigenvalue weighted by molar-refractivity contribution is 0.0441. The molecule has 0 saturated heterocycles. The third-order valence-electron chi connectivity index (χ3n) is 5.09. The maximum Gasteiger partial charge on any atom is 0.126 e. The number of benzene rings is 1. The fourth-order valence-electron chi connectivity index (χ4n) is 3.50. The quantitative estimate of drug-likeness (QED) is 0.862. The van der Waals surface area contributed by atoms with Gasteiger partial charge in [-0.2, -0.15) is 0 Å². The Morgan fingerprint density at radius 2 is 2.00 bits per heavy atom. The molecule has 2 rings (SSSR count). The molecule has 112 valence electrons. The normalized spacial score (nSPS) is 28.9. The zero-order valence-corrected chi connectivity index (χ0v) is 13.3. The molecule has 3 unspecified atom stereocenters. The molecular formula is C17H27NO2. The molecule has 1 saturated carbocycles. The summed E-state index contributed by atoms with van der Waals surface area (Å²) in [5, 5.41) is 3.62. The van der Waals surface area contributed by atoms with Gasteiger partial charge in [-0.3, -0.25) is 0 Å². The summed E-state index contributed by atoms with van der Waals surface area (Å²) < 4.78 is 10.9. The minimum absolute atomic E-state index is 0.303. The van der Waals surface area contributed by atoms with Crippen molar-refractivity contribution in [2.24, 2.45) is 5.41 Å². The number of ether oxygens (including phenoxy) is 2. The van der Waals surface area contributed by atoms with Gasteiger partial charge < -0.3 is 14.8 Å². The zero-order valence-electron chi connectivity index (χ0n) is 13.3. The van der Waals surface area contributed by atoms with E-state index in [0.29, 0.717) is 17.4 Å². The lowest BCUT2D eigenvalue weighted by atomic mass is 9.54. The van der Waals surface area contributed by atoms with Crippen LogP contribution in [0.5, 0.6) is 11.5 Å². The van der Waals surface area contributed by atoms with Crippen LogP contribution in [0.2, 0.25) is 0 Å². The molecule has 3 nitrogen and oxygen atoms in total. The number of hydrogen-bond donors (Lipinski definition) is 1. The molecule has 3 heteroatoms. The van der Waals surface area contributed by atoms with Gasteiger partial charge in [0.15, 0.2) is 0 Å². The monoisotopic (exact) mass is 277 g/mol. The molecule has 1 aromatic rings. The van der Waals surface area contributed by atoms with Crippen molar-refractivity contribution in [2.45, 2.75) is 45.6 Å². The van der Waals surface area contributed by atoms with E-state index in [9.17, 15) is 0 Å². The molecule has 3 atom stereocenters. The van der Waals surface area contributed by atoms with Crippen molar-refractivity contribution >= 4 is 0 Å². The van der Waals surface area contributed by atoms with E-state index in [1.165, 1.54) is 18.4 Å². The summed E-state index contributed by atoms with van der Waals surface area (Å²) in [5.74, 6) is 2.35. The summed E-state index contributed by atoms with van der Waals surface area (Å²) in [6.45, 7) is 7.88. The Kier molecular flexibility index (Phi) is 4.59. The van der Waals surface area contributed by atoms with Crippen LogP contribution < -0.4 is 14.8 Å². The molecule has 0 bridgehead atoms. The van der Waals surface area contributed by atoms with Crippen molar-refractivity contribution < 1.29 is 9.47 Å². The number of hydrogen-bond acceptors (Lipinski definition) is 3. The second-order valence-electron chi connectivity index (χ2n) is 5.87. The lowest BCUT2D eigenvalue weighted by Gasteiger charge is -2.55. The van der Waals surface area contributed by atoms with Crippen LogP contribution in [-0.4, -0.2) is 26.8 Å². The first-order valence-corrected chi connectivity index (χ1v) is 7.56. The van der Waals surface area contributed by atoms with Gasteiger partial charge in [-0.1, -0.05) is 26.8 Å². The first-order valence-electron chi connectivity index (χ1n) is 7.56. The first kappa shape index (κ1) is 15.2. The molecule has 0 radical (unpaired) electrons. The Bertz CT molecular complexity index is 460. The molecule has 20 heavy (non-hydrogen) atoms. The number of methoxy groups -OCH3 is 2. The summed E-state index contributed by atoms with van der Waals surface area (Å²) in [7, 11) is 3.43. The molecule has 1 fully saturated rings. The number of nitrogens with one attached hydrogen (secondary N) is 1. The van der Waals surface area contributed by atoms with Gasteiger partial charge in [-0.15, -0.1) is 0 Å². The van der Waals surface area contributed by atoms with E-state index in [1.54, 1.807) is 14.2 Å². The SMILES string of the molecule is CCNC1CC(c2ccc(OC)cc2OC)C1(C)CC. The van der Waals surface area contributed by atoms with Gasteiger partial charge in [0.2, 0.25) is 0 Å². The molecule has 0 amide bonds. The second kappa shape index (κ2) is 6.04. The summed E-state index contributed by atoms with van der Waals surface area (Å²) in [6.07, 6.45) is 2.35. The van der Waals surface area contributed by atoms with Crippen LogP contribution in [0.4, 0.5) is 0 Å². The Hall–Kier alpha value is -1.22. The van der Waals surface area contributed by atoms with Gasteiger partial charge in [0.05, 0.1) is 14.2 Å². The van der Waals surface area contributed by atoms with E-state index in [0.717, 1.165) is 18.0 Å². The van der Waals surface area contributed by atoms with E-state index in [2.05, 4.69) is 32.2 Å². The summed E-state index contributed by atoms with van der Waals surface area (Å²) in [4.78, 5) is 0. The molecular weight excluding hydrogens is 250 g/mol. The highest BCUT2D eigenvalue weighted by Crippen LogP contribution is 2.56. The van der Waals surface area contributed by atoms with Gasteiger partial charge in [0, 0.05) is 12.1 Å². The summed E-state index contributed by atoms with van der Waals surface area (Å²) in [6, 6.07) is 6.80. The fourth-order valence-corrected chi connectivity index (χ4v) is 3.50. The van der Waals surface area contributed by atoms with Crippen LogP contribution in [0.1, 0.15) is 45.1 Å². The van der Waals surface area contributed by atoms with Gasteiger partial charge >= 0.3 is 0 Å². The number of rotatable bonds is 6. The minimum atomic E-state index is 0.303. The Balaban J connectivity index is 2.28. The van der Waals surface area contributed by atoms with Crippen molar-refractivity contribution in [1.82, 2.24) is 5.32 Å². The molecule has 0 heterocycles. The minimum Gasteiger partial charge on any atom is -0.497 e. The summed E-state index contributed by atoms with van der Waals surface area (Å²) >= 11 is 0. The van der Waals surface area contributed by atoms with E-state index in [-0.39, 0.29) is 0 Å². The van der Waals surface area contributed by atoms with Crippen LogP contribution in [-0.2, 0) is 0 Å². The molecule has 0 aromatic heterocycles. The topological polar surface area (TPSA) is 30.5 Å². The van der Waals surface area contributed by atoms with Crippen LogP contribution in [0.3, 0.4) is 0 Å². The molecule has 1 aromatic carbocycles. The highest BCUT2D eigenvalue weighted by atomic mass is 16.5. The Morgan fingerprint density at radius 1 is 1.25 bits per heavy atom. The predicted octanol–water partition coefficient (Wildman–Crippen LogP) is 3.59. The maximum absolute atomic E-state index is 5.58. The van der Waals surface area contributed by atoms with Crippen molar-refractivity contribution in [2.75, 3.05) is 20.8 Å². The highest BCUT2D eigenvalue weighted by molar-refractivity contribution is 5.45. The fraction of sp³-hybridized carbons (Fsp3) is 0.647. The van der Waals surface area contributed by atoms with Crippen LogP contribution in [0.25, 0.3) is 0 Å². The highest BCUT2D eigenvalue weighted by Gasteiger charge is 2.51. The summed E-state index contributed by atoms with van der Waals surface area (Å²) in [5.41, 5.74) is 1.62. The molecule has 1 N–H and O–H groups in total. The Labute approximate surface area is 122 Å². The zero-order chi connectivity index (χ0) is 14.8. The third kappa shape index (κ3) is 2.39. The predicted molar refractivity (Wildman–Crippen MR) is 82.8 cm³/mol. The lowest BCUT2D eigenvalue weighted by Crippen LogP contribution is -2.56. The van der Waals surface area contributed by atoms with E-state index in [4.69, 9.17) is 9.47 Å². The molecule has 0 spiro atoms. The van der Waals surface area contributed by atoms with Crippen molar-refractivity contribution in [3.05, 3.63) is 23.8 Å². The average Bonchev–Trinajstić information content (AvgIpc) is 2.49. The van der Waals surface area contributed by atoms with E-state index in [1.807, 2.05) is 12.1 Å². The maximum atomic E-state index is 5.58. The van der Waals surface area contributed by atoms with Gasteiger partial charge in [0.25, 0.3) is 0 Å². The molecule has 1 aliphatic rings. The molecule has 1 aliphatic carbocycles. The standard InChI is InChI=1S/C17H27NO2/c1-6-17(3)14(11-16(17)18-7-2)13-9-8-12(19-4)10-15(13)20-5/h8-10,14,16,18H,6-7,11H2,1-5H3. The average molecular weight is 277 g/mol. The van der Waals surface area contributed by atoms with Crippen LogP contribution in [0.15, 0.2) is 18.2 Å². The third-order valence-corrected chi connectivity index (χ3v) is 5.09. The smallest absolute Gasteiger partial charge is 0.126 e. The van der Waals surface area contributed by atoms with Crippen molar-refractivity contribution in [3.63, 3.8) is 0 Å².